The maximum Gasteiger partial charge on any atom is 0.408 e. The SMILES string of the molecule is CCCCCCCCCCCCCC(=O)Nc1ccc(C(=O)OC[C@H]2O[C@H](OC3[C@@H](O)[C@H](O[C@H]4O[C@H](CNC(=O)OC(C)(C)C)[C@@H](O)C[C@H]4NC(=O)OC(C)(C)C)[C@@H](NC(=O)OC(C)(C)C)C[C@H]3NC(=O)OC(C)(C)C)[C@H](O)[C@@H](NC(=O)OC(C)(C)C)[C@@H]2O)cc1. The van der Waals surface area contributed by atoms with Crippen molar-refractivity contribution in [1.29, 1.82) is 0 Å². The van der Waals surface area contributed by atoms with Gasteiger partial charge in [-0.2, -0.15) is 0 Å². The van der Waals surface area contributed by atoms with Crippen molar-refractivity contribution in [2.75, 3.05) is 18.5 Å². The summed E-state index contributed by atoms with van der Waals surface area (Å²) in [4.78, 5) is 93.7. The van der Waals surface area contributed by atoms with Gasteiger partial charge in [-0.25, -0.2) is 28.8 Å². The molecular weight excluding hydrogens is 1190 g/mol. The molecule has 4 rings (SSSR count). The highest BCUT2D eigenvalue weighted by atomic mass is 16.7. The topological polar surface area (TPSA) is 365 Å². The lowest BCUT2D eigenvalue weighted by Crippen LogP contribution is -2.70. The Labute approximate surface area is 536 Å². The smallest absolute Gasteiger partial charge is 0.408 e. The number of anilines is 1. The van der Waals surface area contributed by atoms with Crippen LogP contribution < -0.4 is 31.9 Å². The Balaban J connectivity index is 1.68. The van der Waals surface area contributed by atoms with Crippen molar-refractivity contribution in [2.24, 2.45) is 0 Å². The van der Waals surface area contributed by atoms with E-state index < -0.39 is 157 Å². The molecule has 1 saturated carbocycles. The summed E-state index contributed by atoms with van der Waals surface area (Å²) in [6.07, 6.45) is -9.82. The highest BCUT2D eigenvalue weighted by Gasteiger charge is 2.54. The zero-order valence-electron chi connectivity index (χ0n) is 56.4. The van der Waals surface area contributed by atoms with Crippen molar-refractivity contribution in [3.8, 4) is 0 Å². The standard InChI is InChI=1S/C64H108N6O21/c1-17-18-19-20-21-22-23-24-25-26-27-28-45(72)66-38-31-29-37(30-32-38)52(76)82-36-44-47(73)46(70-59(81)91-64(14,15)16)48(74)54(84-44)86-51-40(68-57(79)89-62(8,9)10)33-39(67-56(78)88-61(5,6)7)50(49(51)75)85-53-41(69-58(80)90-63(11,12)13)34-42(71)43(83-53)35-65-55(77)87-60(2,3)4/h29-32,39-44,46-51,53-54,71,73-75H,17-28,33-36H2,1-16H3,(H,65,77)(H,66,72)(H,67,78)(H,68,79)(H,69,80)(H,70,81)/t39-,40+,41+,42-,43+,44+,46-,47+,48+,49-,50+,51?,53+,54+/m0/s1. The van der Waals surface area contributed by atoms with Crippen LogP contribution in [-0.2, 0) is 52.2 Å². The Kier molecular flexibility index (Phi) is 29.8. The van der Waals surface area contributed by atoms with Crippen LogP contribution in [0.4, 0.5) is 29.7 Å². The van der Waals surface area contributed by atoms with E-state index in [0.717, 1.165) is 25.7 Å². The summed E-state index contributed by atoms with van der Waals surface area (Å²) in [6, 6.07) is 0.195. The number of unbranched alkanes of at least 4 members (excludes halogenated alkanes) is 10. The number of ether oxygens (including phenoxy) is 10. The van der Waals surface area contributed by atoms with Gasteiger partial charge in [0.15, 0.2) is 12.6 Å². The van der Waals surface area contributed by atoms with E-state index in [9.17, 15) is 54.0 Å². The number of carbonyl (C=O) groups is 7. The minimum Gasteiger partial charge on any atom is -0.459 e. The number of hydrogen-bond acceptors (Lipinski definition) is 21. The van der Waals surface area contributed by atoms with Crippen LogP contribution >= 0.6 is 0 Å². The summed E-state index contributed by atoms with van der Waals surface area (Å²) in [6.45, 7) is 25.4. The molecule has 27 heteroatoms. The molecule has 3 fully saturated rings. The molecule has 0 spiro atoms. The van der Waals surface area contributed by atoms with Gasteiger partial charge in [0.05, 0.1) is 35.8 Å². The molecule has 520 valence electrons. The number of benzene rings is 1. The van der Waals surface area contributed by atoms with E-state index in [4.69, 9.17) is 47.4 Å². The van der Waals surface area contributed by atoms with E-state index in [2.05, 4.69) is 38.8 Å². The van der Waals surface area contributed by atoms with Crippen molar-refractivity contribution in [2.45, 2.75) is 314 Å². The average Bonchev–Trinajstić information content (AvgIpc) is 0.821. The molecule has 2 aliphatic heterocycles. The first kappa shape index (κ1) is 77.6. The minimum absolute atomic E-state index is 0.0533. The second-order valence-electron chi connectivity index (χ2n) is 28.6. The summed E-state index contributed by atoms with van der Waals surface area (Å²) in [7, 11) is 0. The summed E-state index contributed by atoms with van der Waals surface area (Å²) in [5.41, 5.74) is -4.59. The van der Waals surface area contributed by atoms with E-state index in [-0.39, 0.29) is 30.9 Å². The van der Waals surface area contributed by atoms with Gasteiger partial charge in [-0.15, -0.1) is 0 Å². The van der Waals surface area contributed by atoms with Crippen LogP contribution in [0.15, 0.2) is 24.3 Å². The van der Waals surface area contributed by atoms with Crippen molar-refractivity contribution in [3.05, 3.63) is 29.8 Å². The molecule has 0 radical (unpaired) electrons. The Bertz CT molecular complexity index is 2470. The lowest BCUT2D eigenvalue weighted by atomic mass is 9.83. The number of hydrogen-bond donors (Lipinski definition) is 10. The third-order valence-corrected chi connectivity index (χ3v) is 14.3. The monoisotopic (exact) mass is 1300 g/mol. The lowest BCUT2D eigenvalue weighted by molar-refractivity contribution is -0.318. The van der Waals surface area contributed by atoms with Gasteiger partial charge in [0, 0.05) is 25.1 Å². The lowest BCUT2D eigenvalue weighted by Gasteiger charge is -2.49. The summed E-state index contributed by atoms with van der Waals surface area (Å²) in [5.74, 6) is -1.06. The number of nitrogens with one attached hydrogen (secondary N) is 6. The number of aliphatic hydroxyl groups excluding tert-OH is 4. The van der Waals surface area contributed by atoms with E-state index in [1.54, 1.807) is 104 Å². The summed E-state index contributed by atoms with van der Waals surface area (Å²) < 4.78 is 58.9. The van der Waals surface area contributed by atoms with Crippen LogP contribution in [0.2, 0.25) is 0 Å². The van der Waals surface area contributed by atoms with Gasteiger partial charge in [-0.3, -0.25) is 4.79 Å². The molecular formula is C64H108N6O21. The van der Waals surface area contributed by atoms with Crippen LogP contribution in [-0.4, -0.2) is 190 Å². The molecule has 14 atom stereocenters. The maximum absolute atomic E-state index is 13.8. The number of esters is 1. The molecule has 2 saturated heterocycles. The molecule has 10 N–H and O–H groups in total. The first-order valence-corrected chi connectivity index (χ1v) is 32.1. The number of alkyl carbamates (subject to hydrolysis) is 5. The summed E-state index contributed by atoms with van der Waals surface area (Å²) >= 11 is 0. The number of aliphatic hydroxyl groups is 4. The second-order valence-corrected chi connectivity index (χ2v) is 28.6. The Morgan fingerprint density at radius 3 is 1.37 bits per heavy atom. The number of amides is 6. The first-order valence-electron chi connectivity index (χ1n) is 32.1. The number of rotatable bonds is 26. The van der Waals surface area contributed by atoms with Gasteiger partial charge >= 0.3 is 36.4 Å². The normalized spacial score (nSPS) is 26.4. The third-order valence-electron chi connectivity index (χ3n) is 14.3. The van der Waals surface area contributed by atoms with E-state index in [1.807, 2.05) is 0 Å². The molecule has 91 heavy (non-hydrogen) atoms. The highest BCUT2D eigenvalue weighted by Crippen LogP contribution is 2.34. The molecule has 3 aliphatic rings. The van der Waals surface area contributed by atoms with E-state index >= 15 is 0 Å². The molecule has 1 aliphatic carbocycles. The van der Waals surface area contributed by atoms with Gasteiger partial charge in [0.2, 0.25) is 5.91 Å². The molecule has 2 heterocycles. The molecule has 1 aromatic rings. The van der Waals surface area contributed by atoms with Crippen LogP contribution in [0.1, 0.15) is 211 Å². The van der Waals surface area contributed by atoms with Crippen LogP contribution in [0, 0.1) is 0 Å². The fraction of sp³-hybridized carbons (Fsp3) is 0.797. The fourth-order valence-electron chi connectivity index (χ4n) is 10.2. The predicted molar refractivity (Wildman–Crippen MR) is 334 cm³/mol. The van der Waals surface area contributed by atoms with E-state index in [1.165, 1.54) is 69.2 Å². The van der Waals surface area contributed by atoms with Gasteiger partial charge in [-0.05, 0) is 141 Å². The first-order chi connectivity index (χ1) is 42.2. The molecule has 6 amide bonds. The van der Waals surface area contributed by atoms with Crippen LogP contribution in [0.25, 0.3) is 0 Å². The minimum atomic E-state index is -2.04. The fourth-order valence-corrected chi connectivity index (χ4v) is 10.2. The average molecular weight is 1300 g/mol. The molecule has 1 unspecified atom stereocenters. The maximum atomic E-state index is 13.8. The Morgan fingerprint density at radius 2 is 0.901 bits per heavy atom. The predicted octanol–water partition coefficient (Wildman–Crippen LogP) is 8.04. The zero-order chi connectivity index (χ0) is 68.2. The van der Waals surface area contributed by atoms with Crippen molar-refractivity contribution in [3.63, 3.8) is 0 Å². The highest BCUT2D eigenvalue weighted by molar-refractivity contribution is 5.93. The molecule has 0 bridgehead atoms. The second kappa shape index (κ2) is 34.9. The number of carbonyl (C=O) groups excluding carboxylic acids is 7. The van der Waals surface area contributed by atoms with Gasteiger partial charge in [0.25, 0.3) is 0 Å². The van der Waals surface area contributed by atoms with Crippen molar-refractivity contribution in [1.82, 2.24) is 26.6 Å². The third kappa shape index (κ3) is 28.9. The molecule has 27 nitrogen and oxygen atoms in total. The quantitative estimate of drug-likeness (QED) is 0.0238. The van der Waals surface area contributed by atoms with Crippen LogP contribution in [0.5, 0.6) is 0 Å². The summed E-state index contributed by atoms with van der Waals surface area (Å²) in [5, 5.41) is 64.2. The van der Waals surface area contributed by atoms with Crippen molar-refractivity contribution < 1.29 is 101 Å². The van der Waals surface area contributed by atoms with Gasteiger partial charge in [-0.1, -0.05) is 71.1 Å². The van der Waals surface area contributed by atoms with E-state index in [0.29, 0.717) is 12.1 Å². The van der Waals surface area contributed by atoms with Gasteiger partial charge in [0.1, 0.15) is 77.3 Å². The molecule has 1 aromatic carbocycles. The van der Waals surface area contributed by atoms with Gasteiger partial charge < -0.3 is 99.7 Å². The zero-order valence-corrected chi connectivity index (χ0v) is 56.4. The van der Waals surface area contributed by atoms with Crippen LogP contribution in [0.3, 0.4) is 0 Å². The van der Waals surface area contributed by atoms with Crippen molar-refractivity contribution >= 4 is 48.0 Å². The molecule has 0 aromatic heterocycles. The largest absolute Gasteiger partial charge is 0.459 e. The Morgan fingerprint density at radius 1 is 0.484 bits per heavy atom. The Hall–Kier alpha value is -5.81.